The van der Waals surface area contributed by atoms with Gasteiger partial charge in [-0.3, -0.25) is 4.79 Å². The monoisotopic (exact) mass is 623 g/mol. The molecule has 13 nitrogen and oxygen atoms in total. The maximum Gasteiger partial charge on any atom is 0.407 e. The Bertz CT molecular complexity index is 1900. The third-order valence-electron chi connectivity index (χ3n) is 7.67. The van der Waals surface area contributed by atoms with E-state index < -0.39 is 11.7 Å². The van der Waals surface area contributed by atoms with Crippen LogP contribution in [0.1, 0.15) is 50.7 Å². The molecule has 0 bridgehead atoms. The summed E-state index contributed by atoms with van der Waals surface area (Å²) < 4.78 is 14.9. The number of amides is 2. The molecule has 2 amide bonds. The Morgan fingerprint density at radius 2 is 1.76 bits per heavy atom. The van der Waals surface area contributed by atoms with Crippen molar-refractivity contribution in [2.75, 3.05) is 25.0 Å². The molecule has 1 aromatic carbocycles. The fraction of sp³-hybridized carbons (Fsp3) is 0.333. The molecular formula is C33H37N9O4. The second-order valence-corrected chi connectivity index (χ2v) is 12.2. The highest BCUT2D eigenvalue weighted by Gasteiger charge is 2.26. The standard InChI is InChI=1S/C33H37N9O4/c1-22-18-24(7-8-27(22)45-25-11-16-41-28(19-25)35-20-37-41)39-31-30-26(12-17-42(30)38-21-36-31)23-9-14-40(15-10-23)29(43)6-5-13-34-32(44)46-33(2,3)4/h5-8,11-12,16-21,23H,9-10,13-15H2,1-4H3,(H,34,44)(H,36,38,39)/b6-5+. The third-order valence-corrected chi connectivity index (χ3v) is 7.67. The largest absolute Gasteiger partial charge is 0.457 e. The lowest BCUT2D eigenvalue weighted by molar-refractivity contribution is -0.127. The molecule has 0 saturated carbocycles. The lowest BCUT2D eigenvalue weighted by atomic mass is 9.90. The third kappa shape index (κ3) is 7.09. The van der Waals surface area contributed by atoms with Gasteiger partial charge in [-0.2, -0.15) is 10.2 Å². The van der Waals surface area contributed by atoms with Crippen LogP contribution in [-0.2, 0) is 9.53 Å². The van der Waals surface area contributed by atoms with Gasteiger partial charge in [-0.15, -0.1) is 0 Å². The highest BCUT2D eigenvalue weighted by atomic mass is 16.6. The van der Waals surface area contributed by atoms with Gasteiger partial charge in [-0.1, -0.05) is 6.08 Å². The van der Waals surface area contributed by atoms with E-state index in [1.807, 2.05) is 59.1 Å². The molecule has 0 radical (unpaired) electrons. The summed E-state index contributed by atoms with van der Waals surface area (Å²) in [7, 11) is 0. The van der Waals surface area contributed by atoms with E-state index in [1.54, 1.807) is 31.4 Å². The van der Waals surface area contributed by atoms with Crippen molar-refractivity contribution in [2.45, 2.75) is 52.1 Å². The fourth-order valence-corrected chi connectivity index (χ4v) is 5.50. The molecule has 4 aromatic heterocycles. The van der Waals surface area contributed by atoms with Gasteiger partial charge in [-0.25, -0.2) is 23.8 Å². The Hall–Kier alpha value is -5.46. The number of nitrogens with one attached hydrogen (secondary N) is 2. The van der Waals surface area contributed by atoms with Crippen LogP contribution >= 0.6 is 0 Å². The van der Waals surface area contributed by atoms with Gasteiger partial charge in [0.1, 0.15) is 35.3 Å². The van der Waals surface area contributed by atoms with Crippen LogP contribution in [0.3, 0.4) is 0 Å². The van der Waals surface area contributed by atoms with E-state index >= 15 is 0 Å². The van der Waals surface area contributed by atoms with E-state index in [4.69, 9.17) is 9.47 Å². The van der Waals surface area contributed by atoms with Crippen LogP contribution in [-0.4, -0.2) is 71.3 Å². The number of piperidine rings is 1. The predicted molar refractivity (Wildman–Crippen MR) is 172 cm³/mol. The van der Waals surface area contributed by atoms with Crippen LogP contribution in [0.4, 0.5) is 16.3 Å². The summed E-state index contributed by atoms with van der Waals surface area (Å²) in [5.41, 5.74) is 4.03. The number of aromatic nitrogens is 6. The molecule has 2 N–H and O–H groups in total. The molecule has 1 saturated heterocycles. The number of rotatable bonds is 8. The molecule has 5 heterocycles. The first kappa shape index (κ1) is 30.6. The van der Waals surface area contributed by atoms with Gasteiger partial charge < -0.3 is 25.0 Å². The number of carbonyl (C=O) groups is 2. The summed E-state index contributed by atoms with van der Waals surface area (Å²) in [5.74, 6) is 2.30. The summed E-state index contributed by atoms with van der Waals surface area (Å²) in [4.78, 5) is 35.2. The molecule has 46 heavy (non-hydrogen) atoms. The average Bonchev–Trinajstić information content (AvgIpc) is 3.67. The van der Waals surface area contributed by atoms with E-state index in [0.29, 0.717) is 30.3 Å². The van der Waals surface area contributed by atoms with E-state index in [2.05, 4.69) is 36.9 Å². The zero-order chi connectivity index (χ0) is 32.3. The number of fused-ring (bicyclic) bond motifs is 2. The highest BCUT2D eigenvalue weighted by molar-refractivity contribution is 5.87. The number of benzene rings is 1. The van der Waals surface area contributed by atoms with Crippen LogP contribution in [0.5, 0.6) is 11.5 Å². The first-order valence-corrected chi connectivity index (χ1v) is 15.2. The molecule has 0 aliphatic carbocycles. The van der Waals surface area contributed by atoms with E-state index in [9.17, 15) is 9.59 Å². The van der Waals surface area contributed by atoms with Crippen LogP contribution in [0.25, 0.3) is 11.2 Å². The fourth-order valence-electron chi connectivity index (χ4n) is 5.50. The Morgan fingerprint density at radius 3 is 2.54 bits per heavy atom. The molecule has 1 aliphatic rings. The topological polar surface area (TPSA) is 140 Å². The smallest absolute Gasteiger partial charge is 0.407 e. The minimum Gasteiger partial charge on any atom is -0.457 e. The van der Waals surface area contributed by atoms with Gasteiger partial charge in [-0.05, 0) is 87.9 Å². The summed E-state index contributed by atoms with van der Waals surface area (Å²) in [6.07, 6.45) is 11.1. The van der Waals surface area contributed by atoms with Crippen LogP contribution in [0, 0.1) is 6.92 Å². The number of nitrogens with zero attached hydrogens (tertiary/aromatic N) is 7. The normalized spacial score (nSPS) is 14.2. The predicted octanol–water partition coefficient (Wildman–Crippen LogP) is 5.40. The number of ether oxygens (including phenoxy) is 2. The molecular weight excluding hydrogens is 586 g/mol. The van der Waals surface area contributed by atoms with Gasteiger partial charge in [0.05, 0.1) is 0 Å². The molecule has 238 valence electrons. The number of likely N-dealkylation sites (tertiary alicyclic amines) is 1. The van der Waals surface area contributed by atoms with Crippen molar-refractivity contribution in [1.82, 2.24) is 39.4 Å². The molecule has 1 fully saturated rings. The highest BCUT2D eigenvalue weighted by Crippen LogP contribution is 2.35. The van der Waals surface area contributed by atoms with E-state index in [1.165, 1.54) is 18.7 Å². The van der Waals surface area contributed by atoms with Crippen molar-refractivity contribution >= 4 is 34.7 Å². The van der Waals surface area contributed by atoms with E-state index in [-0.39, 0.29) is 18.4 Å². The van der Waals surface area contributed by atoms with Gasteiger partial charge in [0.25, 0.3) is 0 Å². The zero-order valence-corrected chi connectivity index (χ0v) is 26.3. The summed E-state index contributed by atoms with van der Waals surface area (Å²) in [6, 6.07) is 11.7. The van der Waals surface area contributed by atoms with Gasteiger partial charge in [0.2, 0.25) is 5.91 Å². The van der Waals surface area contributed by atoms with Crippen LogP contribution in [0.2, 0.25) is 0 Å². The minimum absolute atomic E-state index is 0.0706. The zero-order valence-electron chi connectivity index (χ0n) is 26.3. The number of alkyl carbamates (subject to hydrolysis) is 1. The Morgan fingerprint density at radius 1 is 1.00 bits per heavy atom. The lowest BCUT2D eigenvalue weighted by Gasteiger charge is -2.31. The number of pyridine rings is 1. The quantitative estimate of drug-likeness (QED) is 0.217. The molecule has 13 heteroatoms. The molecule has 6 rings (SSSR count). The number of hydrogen-bond donors (Lipinski definition) is 2. The maximum atomic E-state index is 12.8. The first-order valence-electron chi connectivity index (χ1n) is 15.2. The van der Waals surface area contributed by atoms with Gasteiger partial charge in [0.15, 0.2) is 11.5 Å². The molecule has 0 spiro atoms. The minimum atomic E-state index is -0.570. The molecule has 0 unspecified atom stereocenters. The van der Waals surface area contributed by atoms with Gasteiger partial charge in [0, 0.05) is 49.9 Å². The van der Waals surface area contributed by atoms with Crippen molar-refractivity contribution in [1.29, 1.82) is 0 Å². The van der Waals surface area contributed by atoms with Crippen molar-refractivity contribution in [3.8, 4) is 11.5 Å². The van der Waals surface area contributed by atoms with Crippen molar-refractivity contribution in [2.24, 2.45) is 0 Å². The summed E-state index contributed by atoms with van der Waals surface area (Å²) in [6.45, 7) is 8.89. The molecule has 1 aliphatic heterocycles. The van der Waals surface area contributed by atoms with Crippen molar-refractivity contribution in [3.05, 3.63) is 84.7 Å². The van der Waals surface area contributed by atoms with Crippen LogP contribution in [0.15, 0.2) is 73.6 Å². The Labute approximate surface area is 266 Å². The average molecular weight is 624 g/mol. The SMILES string of the molecule is Cc1cc(Nc2ncnn3ccc(C4CCN(C(=O)/C=C/CNC(=O)OC(C)(C)C)CC4)c23)ccc1Oc1ccn2ncnc2c1. The lowest BCUT2D eigenvalue weighted by Crippen LogP contribution is -2.37. The van der Waals surface area contributed by atoms with Crippen molar-refractivity contribution in [3.63, 3.8) is 0 Å². The molecule has 0 atom stereocenters. The molecule has 5 aromatic rings. The summed E-state index contributed by atoms with van der Waals surface area (Å²) in [5, 5.41) is 14.7. The summed E-state index contributed by atoms with van der Waals surface area (Å²) >= 11 is 0. The Kier molecular flexibility index (Phi) is 8.55. The van der Waals surface area contributed by atoms with Crippen molar-refractivity contribution < 1.29 is 19.1 Å². The number of hydrogen-bond acceptors (Lipinski definition) is 9. The number of anilines is 2. The van der Waals surface area contributed by atoms with Gasteiger partial charge >= 0.3 is 6.09 Å². The second kappa shape index (κ2) is 12.9. The van der Waals surface area contributed by atoms with E-state index in [0.717, 1.165) is 40.9 Å². The maximum absolute atomic E-state index is 12.8. The Balaban J connectivity index is 1.08. The second-order valence-electron chi connectivity index (χ2n) is 12.2. The first-order chi connectivity index (χ1) is 22.1. The number of carbonyl (C=O) groups excluding carboxylic acids is 2. The van der Waals surface area contributed by atoms with Crippen LogP contribution < -0.4 is 15.4 Å². The number of aryl methyl sites for hydroxylation is 1.